The fourth-order valence-electron chi connectivity index (χ4n) is 11.0. The number of phenolic OH excluding ortho intramolecular Hbond substituents is 2. The molecule has 6 aliphatic carbocycles. The number of hydrogen-bond acceptors (Lipinski definition) is 19. The lowest BCUT2D eigenvalue weighted by molar-refractivity contribution is -0.152. The summed E-state index contributed by atoms with van der Waals surface area (Å²) in [5.41, 5.74) is -1.31. The van der Waals surface area contributed by atoms with Crippen molar-refractivity contribution < 1.29 is 99.1 Å². The van der Waals surface area contributed by atoms with Crippen LogP contribution in [0.1, 0.15) is 58.5 Å². The number of benzene rings is 2. The van der Waals surface area contributed by atoms with Crippen molar-refractivity contribution >= 4 is 55.2 Å². The van der Waals surface area contributed by atoms with Crippen LogP contribution in [0.3, 0.4) is 0 Å². The van der Waals surface area contributed by atoms with Crippen LogP contribution in [0, 0.1) is 23.7 Å². The maximum Gasteiger partial charge on any atom is 0.466 e. The van der Waals surface area contributed by atoms with Crippen LogP contribution in [0.4, 0.5) is 0 Å². The number of rotatable bonds is 4. The summed E-state index contributed by atoms with van der Waals surface area (Å²) >= 11 is 0. The van der Waals surface area contributed by atoms with Crippen molar-refractivity contribution in [2.75, 3.05) is 28.2 Å². The maximum absolute atomic E-state index is 13.3. The molecule has 0 heterocycles. The normalized spacial score (nSPS) is 32.3. The van der Waals surface area contributed by atoms with Gasteiger partial charge < -0.3 is 77.2 Å². The molecule has 8 rings (SSSR count). The van der Waals surface area contributed by atoms with Gasteiger partial charge in [0.25, 0.3) is 11.8 Å². The van der Waals surface area contributed by atoms with E-state index in [4.69, 9.17) is 30.7 Å². The molecule has 6 aliphatic rings. The number of halogens is 1. The summed E-state index contributed by atoms with van der Waals surface area (Å²) in [4.78, 5) is 101. The second-order valence-corrected chi connectivity index (χ2v) is 19.5. The highest BCUT2D eigenvalue weighted by Crippen LogP contribution is 2.58. The van der Waals surface area contributed by atoms with Crippen molar-refractivity contribution in [2.24, 2.45) is 35.1 Å². The van der Waals surface area contributed by atoms with E-state index in [1.807, 2.05) is 0 Å². The van der Waals surface area contributed by atoms with E-state index in [1.165, 1.54) is 88.2 Å². The third-order valence-corrected chi connectivity index (χ3v) is 14.0. The molecule has 0 aromatic heterocycles. The van der Waals surface area contributed by atoms with Crippen molar-refractivity contribution in [1.82, 2.24) is 9.80 Å². The molecule has 380 valence electrons. The molecule has 2 aromatic rings. The fraction of sp³-hybridized carbons (Fsp3) is 0.409. The molecule has 70 heavy (non-hydrogen) atoms. The molecule has 10 atom stereocenters. The number of carbonyl (C=O) groups excluding carboxylic acids is 6. The zero-order chi connectivity index (χ0) is 52.3. The van der Waals surface area contributed by atoms with E-state index in [2.05, 4.69) is 0 Å². The predicted molar refractivity (Wildman–Crippen MR) is 241 cm³/mol. The fourth-order valence-corrected chi connectivity index (χ4v) is 11.0. The van der Waals surface area contributed by atoms with Crippen LogP contribution in [0.2, 0.25) is 0 Å². The minimum absolute atomic E-state index is 0. The van der Waals surface area contributed by atoms with E-state index in [1.54, 1.807) is 0 Å². The minimum atomic E-state index is -4.64. The number of Topliss-reactive ketones (excluding diaryl/α,β-unsaturated/α-hetero) is 4. The third-order valence-electron chi connectivity index (χ3n) is 14.0. The highest BCUT2D eigenvalue weighted by Gasteiger charge is 2.67. The SMILES string of the molecule is CN(C)[C@@H]1C(O)=C(C(N)=O)C(=O)[C@@]2(O)C(O)=C3C(=O)c4c(O)cccc4[C@@](C)(O)[C@H]3C[C@@H]12.CN(C)[C@@H]1C(O)=C(C(N)=O)C(=O)[C@@]2(O)C(O)=C3C(=O)c4c(O)cccc4[C@@](C)(O)[C@H]3C[C@@H]12.Cl.O=P(O)(O)O. The molecular formula is C44H52ClN4O20P. The number of nitrogens with two attached hydrogens (primary N) is 2. The standard InChI is InChI=1S/2C22H24N2O8.ClH.H3O4P/c2*1-21(31)8-5-4-6-11(25)12(8)16(26)13-9(21)7-10-15(24(2)3)17(27)14(20(23)30)19(29)22(10,32)18(13)28;;1-5(2,3)4/h2*4-6,9-10,15,25,27-28,31-32H,7H2,1-3H3,(H2,23,30);1H;(H3,1,2,3,4)/t2*9-,10-,15-,21+,22-;;/m00../s1. The van der Waals surface area contributed by atoms with E-state index in [-0.39, 0.29) is 47.5 Å². The molecular weight excluding hydrogens is 971 g/mol. The number of phosphoric acid groups is 1. The Morgan fingerprint density at radius 1 is 0.600 bits per heavy atom. The summed E-state index contributed by atoms with van der Waals surface area (Å²) in [7, 11) is 1.49. The first-order chi connectivity index (χ1) is 31.5. The van der Waals surface area contributed by atoms with Gasteiger partial charge in [-0.15, -0.1) is 12.4 Å². The first-order valence-corrected chi connectivity index (χ1v) is 22.3. The Hall–Kier alpha value is -6.02. The second-order valence-electron chi connectivity index (χ2n) is 18.4. The van der Waals surface area contributed by atoms with Crippen molar-refractivity contribution in [3.63, 3.8) is 0 Å². The van der Waals surface area contributed by atoms with Gasteiger partial charge in [0.2, 0.25) is 11.6 Å². The summed E-state index contributed by atoms with van der Waals surface area (Å²) in [6, 6.07) is 6.10. The Bertz CT molecular complexity index is 2660. The second kappa shape index (κ2) is 18.0. The molecule has 2 amide bonds. The smallest absolute Gasteiger partial charge is 0.466 e. The van der Waals surface area contributed by atoms with Gasteiger partial charge in [0.15, 0.2) is 22.8 Å². The zero-order valence-electron chi connectivity index (χ0n) is 37.9. The maximum atomic E-state index is 13.3. The quantitative estimate of drug-likeness (QED) is 0.130. The van der Waals surface area contributed by atoms with Gasteiger partial charge in [-0.05, 0) is 78.1 Å². The summed E-state index contributed by atoms with van der Waals surface area (Å²) in [6.45, 7) is 2.81. The number of carbonyl (C=O) groups is 6. The molecule has 0 bridgehead atoms. The van der Waals surface area contributed by atoms with Gasteiger partial charge in [0.05, 0.1) is 34.4 Å². The number of nitrogens with zero attached hydrogens (tertiary/aromatic N) is 2. The van der Waals surface area contributed by atoms with E-state index in [9.17, 15) is 79.8 Å². The van der Waals surface area contributed by atoms with Crippen LogP contribution >= 0.6 is 20.2 Å². The number of fused-ring (bicyclic) bond motifs is 6. The average Bonchev–Trinajstić information content (AvgIpc) is 3.20. The lowest BCUT2D eigenvalue weighted by Crippen LogP contribution is -2.65. The van der Waals surface area contributed by atoms with Gasteiger partial charge >= 0.3 is 7.82 Å². The number of aromatic hydroxyl groups is 2. The first kappa shape index (κ1) is 54.9. The largest absolute Gasteiger partial charge is 0.510 e. The van der Waals surface area contributed by atoms with Crippen LogP contribution in [0.15, 0.2) is 81.7 Å². The Morgan fingerprint density at radius 2 is 0.886 bits per heavy atom. The van der Waals surface area contributed by atoms with Crippen LogP contribution in [-0.4, -0.2) is 162 Å². The van der Waals surface area contributed by atoms with Gasteiger partial charge in [-0.3, -0.25) is 38.6 Å². The Labute approximate surface area is 403 Å². The zero-order valence-corrected chi connectivity index (χ0v) is 39.6. The van der Waals surface area contributed by atoms with Gasteiger partial charge in [-0.1, -0.05) is 24.3 Å². The van der Waals surface area contributed by atoms with E-state index in [0.29, 0.717) is 0 Å². The lowest BCUT2D eigenvalue weighted by Gasteiger charge is -2.52. The molecule has 24 nitrogen and oxygen atoms in total. The molecule has 2 aromatic carbocycles. The predicted octanol–water partition coefficient (Wildman–Crippen LogP) is -0.936. The third kappa shape index (κ3) is 7.98. The number of aliphatic hydroxyl groups excluding tert-OH is 4. The van der Waals surface area contributed by atoms with E-state index < -0.39 is 158 Å². The van der Waals surface area contributed by atoms with Crippen molar-refractivity contribution in [3.8, 4) is 11.5 Å². The highest BCUT2D eigenvalue weighted by atomic mass is 35.5. The van der Waals surface area contributed by atoms with Crippen LogP contribution in [0.25, 0.3) is 0 Å². The monoisotopic (exact) mass is 1020 g/mol. The summed E-state index contributed by atoms with van der Waals surface area (Å²) in [5.74, 6) is -15.8. The van der Waals surface area contributed by atoms with Crippen molar-refractivity contribution in [1.29, 1.82) is 0 Å². The molecule has 0 aliphatic heterocycles. The van der Waals surface area contributed by atoms with Gasteiger partial charge in [-0.2, -0.15) is 0 Å². The number of phenols is 2. The molecule has 0 saturated heterocycles. The van der Waals surface area contributed by atoms with Crippen molar-refractivity contribution in [2.45, 2.75) is 61.2 Å². The van der Waals surface area contributed by atoms with Crippen molar-refractivity contribution in [3.05, 3.63) is 104 Å². The summed E-state index contributed by atoms with van der Waals surface area (Å²) in [6.07, 6.45) is -0.400. The van der Waals surface area contributed by atoms with Gasteiger partial charge in [0.1, 0.15) is 45.7 Å². The first-order valence-electron chi connectivity index (χ1n) is 20.7. The van der Waals surface area contributed by atoms with Crippen LogP contribution in [0.5, 0.6) is 11.5 Å². The molecule has 0 saturated carbocycles. The Balaban J connectivity index is 0.000000235. The number of amides is 2. The Kier molecular flexibility index (Phi) is 14.1. The molecule has 0 fully saturated rings. The van der Waals surface area contributed by atoms with Gasteiger partial charge in [-0.25, -0.2) is 4.57 Å². The number of primary amides is 2. The molecule has 0 unspecified atom stereocenters. The summed E-state index contributed by atoms with van der Waals surface area (Å²) in [5, 5.41) is 110. The minimum Gasteiger partial charge on any atom is -0.510 e. The lowest BCUT2D eigenvalue weighted by atomic mass is 9.55. The van der Waals surface area contributed by atoms with Crippen LogP contribution < -0.4 is 11.5 Å². The molecule has 0 radical (unpaired) electrons. The van der Waals surface area contributed by atoms with E-state index >= 15 is 0 Å². The number of hydrogen-bond donors (Lipinski definition) is 15. The molecule has 0 spiro atoms. The average molecular weight is 1020 g/mol. The Morgan fingerprint density at radius 3 is 1.14 bits per heavy atom. The van der Waals surface area contributed by atoms with E-state index in [0.717, 1.165) is 0 Å². The number of aliphatic hydroxyl groups is 8. The summed E-state index contributed by atoms with van der Waals surface area (Å²) < 4.78 is 8.88. The van der Waals surface area contributed by atoms with Gasteiger partial charge in [0, 0.05) is 34.8 Å². The topological polar surface area (TPSA) is 441 Å². The number of ketones is 4. The number of likely N-dealkylation sites (N-methyl/N-ethyl adjacent to an activating group) is 2. The highest BCUT2D eigenvalue weighted by molar-refractivity contribution is 7.45. The molecule has 17 N–H and O–H groups in total. The van der Waals surface area contributed by atoms with Crippen LogP contribution in [-0.2, 0) is 34.9 Å². The molecule has 26 heteroatoms.